The normalized spacial score (nSPS) is 17.4. The van der Waals surface area contributed by atoms with Crippen molar-refractivity contribution in [2.24, 2.45) is 0 Å². The lowest BCUT2D eigenvalue weighted by Gasteiger charge is -2.36. The van der Waals surface area contributed by atoms with Gasteiger partial charge in [-0.2, -0.15) is 0 Å². The molecular weight excluding hydrogens is 1010 g/mol. The van der Waals surface area contributed by atoms with Crippen molar-refractivity contribution in [2.45, 2.75) is 58.7 Å². The SMILES string of the molecule is CC(=O)NC[C@H]1CN(c2ccc(N3CCNCC3)c(F)c2)C(=O)O1.CC(=S)NC[C@H]1CN(c2ccc(N3CCN(C(=O)CCC(=O)c4ccc(Cl)cc4)CC3)c(F)c2)C(=O)O1.CCCC(=O)c1ccc(Cl)cc1. The van der Waals surface area contributed by atoms with Gasteiger partial charge in [-0.1, -0.05) is 42.3 Å². The number of anilines is 4. The molecule has 0 unspecified atom stereocenters. The minimum absolute atomic E-state index is 0.0989. The molecule has 3 N–H and O–H groups in total. The van der Waals surface area contributed by atoms with Gasteiger partial charge in [0, 0.05) is 99.7 Å². The van der Waals surface area contributed by atoms with E-state index in [9.17, 15) is 33.2 Å². The van der Waals surface area contributed by atoms with Crippen LogP contribution in [-0.4, -0.2) is 136 Å². The number of piperazine rings is 2. The van der Waals surface area contributed by atoms with Crippen molar-refractivity contribution in [1.29, 1.82) is 0 Å². The molecule has 21 heteroatoms. The van der Waals surface area contributed by atoms with Gasteiger partial charge in [-0.3, -0.25) is 29.0 Å². The van der Waals surface area contributed by atoms with Crippen molar-refractivity contribution < 1.29 is 47.0 Å². The van der Waals surface area contributed by atoms with Crippen LogP contribution in [-0.2, 0) is 19.1 Å². The number of carbonyl (C=O) groups is 6. The summed E-state index contributed by atoms with van der Waals surface area (Å²) in [5, 5.41) is 10.0. The van der Waals surface area contributed by atoms with Crippen LogP contribution in [0.25, 0.3) is 0 Å². The van der Waals surface area contributed by atoms with Gasteiger partial charge in [-0.05, 0) is 98.3 Å². The van der Waals surface area contributed by atoms with Gasteiger partial charge in [0.05, 0.1) is 53.9 Å². The van der Waals surface area contributed by atoms with Gasteiger partial charge >= 0.3 is 12.2 Å². The first-order valence-electron chi connectivity index (χ1n) is 24.1. The number of cyclic esters (lactones) is 2. The number of benzene rings is 4. The van der Waals surface area contributed by atoms with E-state index >= 15 is 4.39 Å². The average Bonchev–Trinajstić information content (AvgIpc) is 3.96. The van der Waals surface area contributed by atoms with E-state index in [0.29, 0.717) is 89.0 Å². The second kappa shape index (κ2) is 27.0. The molecule has 4 fully saturated rings. The van der Waals surface area contributed by atoms with Gasteiger partial charge in [0.25, 0.3) is 0 Å². The third kappa shape index (κ3) is 16.3. The topological polar surface area (TPSA) is 173 Å². The van der Waals surface area contributed by atoms with Gasteiger partial charge in [0.1, 0.15) is 23.8 Å². The summed E-state index contributed by atoms with van der Waals surface area (Å²) in [5.41, 5.74) is 3.12. The van der Waals surface area contributed by atoms with Crippen LogP contribution in [0.15, 0.2) is 84.9 Å². The molecule has 0 bridgehead atoms. The molecular formula is C52H60Cl2F2N8O8S. The summed E-state index contributed by atoms with van der Waals surface area (Å²) in [6, 6.07) is 23.1. The fraction of sp³-hybridized carbons (Fsp3) is 0.404. The fourth-order valence-corrected chi connectivity index (χ4v) is 8.64. The van der Waals surface area contributed by atoms with Crippen molar-refractivity contribution in [1.82, 2.24) is 20.9 Å². The molecule has 4 amide bonds. The van der Waals surface area contributed by atoms with E-state index in [1.807, 2.05) is 16.7 Å². The molecule has 4 aliphatic rings. The highest BCUT2D eigenvalue weighted by atomic mass is 35.5. The van der Waals surface area contributed by atoms with Crippen molar-refractivity contribution in [2.75, 3.05) is 98.1 Å². The summed E-state index contributed by atoms with van der Waals surface area (Å²) in [6.45, 7) is 11.3. The Bertz CT molecular complexity index is 2600. The monoisotopic (exact) mass is 1060 g/mol. The maximum absolute atomic E-state index is 15.0. The minimum atomic E-state index is -0.528. The lowest BCUT2D eigenvalue weighted by molar-refractivity contribution is -0.131. The van der Waals surface area contributed by atoms with E-state index in [1.54, 1.807) is 84.6 Å². The number of rotatable bonds is 15. The van der Waals surface area contributed by atoms with Crippen LogP contribution in [0.1, 0.15) is 67.2 Å². The standard InChI is InChI=1S/C26H28ClFN4O4S.C16H21FN4O3.C10H11ClO/c1-17(37)29-15-21-16-32(26(35)36-21)20-6-7-23(22(28)14-20)30-10-12-31(13-11-30)25(34)9-8-24(33)18-2-4-19(27)5-3-18;1-11(22)19-9-13-10-21(16(23)24-13)12-2-3-15(14(17)8-12)20-6-4-18-5-7-20;1-2-3-10(12)8-4-6-9(11)7-5-8/h2-7,14,21H,8-13,15-16H2,1H3,(H,29,37);2-3,8,13,18H,4-7,9-10H2,1H3,(H,19,22);4-7H,2-3H2,1H3/t21-;13-;/m00./s1. The van der Waals surface area contributed by atoms with E-state index < -0.39 is 24.1 Å². The first-order valence-corrected chi connectivity index (χ1v) is 25.3. The van der Waals surface area contributed by atoms with Crippen LogP contribution >= 0.6 is 35.4 Å². The number of nitrogens with zero attached hydrogens (tertiary/aromatic N) is 5. The first kappa shape index (κ1) is 55.9. The maximum Gasteiger partial charge on any atom is 0.414 e. The second-order valence-corrected chi connectivity index (χ2v) is 19.1. The number of Topliss-reactive ketones (excluding diaryl/α,β-unsaturated/α-hetero) is 2. The Morgan fingerprint density at radius 2 is 1.10 bits per heavy atom. The van der Waals surface area contributed by atoms with Gasteiger partial charge in [0.15, 0.2) is 11.6 Å². The predicted molar refractivity (Wildman–Crippen MR) is 283 cm³/mol. The third-order valence-corrected chi connectivity index (χ3v) is 12.8. The fourth-order valence-electron chi connectivity index (χ4n) is 8.30. The smallest absolute Gasteiger partial charge is 0.414 e. The van der Waals surface area contributed by atoms with Crippen LogP contribution < -0.4 is 35.6 Å². The summed E-state index contributed by atoms with van der Waals surface area (Å²) in [6.07, 6.45) is -0.113. The highest BCUT2D eigenvalue weighted by Gasteiger charge is 2.34. The summed E-state index contributed by atoms with van der Waals surface area (Å²) >= 11 is 16.5. The Hall–Kier alpha value is -6.41. The molecule has 2 atom stereocenters. The summed E-state index contributed by atoms with van der Waals surface area (Å²) in [7, 11) is 0. The van der Waals surface area contributed by atoms with E-state index in [1.165, 1.54) is 28.9 Å². The molecule has 4 aromatic rings. The molecule has 0 radical (unpaired) electrons. The predicted octanol–water partition coefficient (Wildman–Crippen LogP) is 8.07. The summed E-state index contributed by atoms with van der Waals surface area (Å²) in [4.78, 5) is 80.4. The lowest BCUT2D eigenvalue weighted by Crippen LogP contribution is -2.49. The second-order valence-electron chi connectivity index (χ2n) is 17.6. The van der Waals surface area contributed by atoms with Crippen LogP contribution in [0, 0.1) is 11.6 Å². The quantitative estimate of drug-likeness (QED) is 0.0772. The number of thiocarbonyl (C=S) groups is 1. The van der Waals surface area contributed by atoms with Crippen LogP contribution in [0.3, 0.4) is 0 Å². The van der Waals surface area contributed by atoms with Crippen molar-refractivity contribution in [3.8, 4) is 0 Å². The molecule has 8 rings (SSSR count). The number of amides is 4. The largest absolute Gasteiger partial charge is 0.442 e. The molecule has 0 aromatic heterocycles. The third-order valence-electron chi connectivity index (χ3n) is 12.2. The van der Waals surface area contributed by atoms with Gasteiger partial charge in [0.2, 0.25) is 11.8 Å². The Morgan fingerprint density at radius 1 is 0.644 bits per heavy atom. The molecule has 16 nitrogen and oxygen atoms in total. The number of halogens is 4. The molecule has 0 aliphatic carbocycles. The molecule has 4 aromatic carbocycles. The molecule has 0 spiro atoms. The number of ether oxygens (including phenoxy) is 2. The van der Waals surface area contributed by atoms with Crippen molar-refractivity contribution >= 4 is 98.7 Å². The first-order chi connectivity index (χ1) is 35.0. The molecule has 390 valence electrons. The minimum Gasteiger partial charge on any atom is -0.442 e. The van der Waals surface area contributed by atoms with E-state index in [0.717, 1.165) is 38.2 Å². The van der Waals surface area contributed by atoms with Gasteiger partial charge < -0.3 is 40.1 Å². The van der Waals surface area contributed by atoms with Crippen LogP contribution in [0.5, 0.6) is 0 Å². The van der Waals surface area contributed by atoms with Gasteiger partial charge in [-0.25, -0.2) is 18.4 Å². The average molecular weight is 1070 g/mol. The Morgan fingerprint density at radius 3 is 1.53 bits per heavy atom. The van der Waals surface area contributed by atoms with Crippen LogP contribution in [0.4, 0.5) is 41.1 Å². The number of ketones is 2. The van der Waals surface area contributed by atoms with E-state index in [-0.39, 0.29) is 61.2 Å². The van der Waals surface area contributed by atoms with Crippen molar-refractivity contribution in [3.63, 3.8) is 0 Å². The summed E-state index contributed by atoms with van der Waals surface area (Å²) < 4.78 is 40.0. The zero-order chi connectivity index (χ0) is 52.6. The molecule has 73 heavy (non-hydrogen) atoms. The lowest BCUT2D eigenvalue weighted by atomic mass is 10.1. The Kier molecular flexibility index (Phi) is 20.7. The summed E-state index contributed by atoms with van der Waals surface area (Å²) in [5.74, 6) is -1.00. The van der Waals surface area contributed by atoms with E-state index in [2.05, 4.69) is 16.0 Å². The number of carbonyl (C=O) groups excluding carboxylic acids is 6. The zero-order valence-electron chi connectivity index (χ0n) is 41.0. The number of nitrogens with one attached hydrogen (secondary N) is 3. The number of hydrogen-bond acceptors (Lipinski definition) is 12. The molecule has 4 aliphatic heterocycles. The van der Waals surface area contributed by atoms with E-state index in [4.69, 9.17) is 44.9 Å². The van der Waals surface area contributed by atoms with Crippen molar-refractivity contribution in [3.05, 3.63) is 118 Å². The number of hydrogen-bond donors (Lipinski definition) is 3. The Balaban J connectivity index is 0.000000205. The molecule has 4 saturated heterocycles. The zero-order valence-corrected chi connectivity index (χ0v) is 43.3. The maximum atomic E-state index is 15.0. The highest BCUT2D eigenvalue weighted by Crippen LogP contribution is 2.30. The Labute approximate surface area is 439 Å². The van der Waals surface area contributed by atoms with Gasteiger partial charge in [-0.15, -0.1) is 0 Å². The molecule has 4 heterocycles. The highest BCUT2D eigenvalue weighted by molar-refractivity contribution is 7.80. The molecule has 0 saturated carbocycles. The van der Waals surface area contributed by atoms with Crippen LogP contribution in [0.2, 0.25) is 10.0 Å².